The minimum atomic E-state index is -4.83. The Morgan fingerprint density at radius 2 is 1.85 bits per heavy atom. The molecule has 0 bridgehead atoms. The minimum absolute atomic E-state index is 0.145. The van der Waals surface area contributed by atoms with Crippen molar-refractivity contribution in [3.05, 3.63) is 24.0 Å². The van der Waals surface area contributed by atoms with Crippen molar-refractivity contribution in [2.45, 2.75) is 64.0 Å². The van der Waals surface area contributed by atoms with Crippen LogP contribution in [0.5, 0.6) is 5.75 Å². The minimum Gasteiger partial charge on any atom is -0.402 e. The zero-order valence-corrected chi connectivity index (χ0v) is 20.1. The zero-order chi connectivity index (χ0) is 24.4. The van der Waals surface area contributed by atoms with Crippen LogP contribution < -0.4 is 10.5 Å². The van der Waals surface area contributed by atoms with Crippen LogP contribution in [0.15, 0.2) is 18.3 Å². The second kappa shape index (κ2) is 8.41. The second-order valence-electron chi connectivity index (χ2n) is 10.5. The number of nitrogens with zero attached hydrogens (tertiary/aromatic N) is 5. The number of hydrogen-bond donors (Lipinski definition) is 1. The predicted molar refractivity (Wildman–Crippen MR) is 123 cm³/mol. The normalized spacial score (nSPS) is 30.1. The first-order valence-corrected chi connectivity index (χ1v) is 12.1. The van der Waals surface area contributed by atoms with Crippen LogP contribution in [0.3, 0.4) is 0 Å². The van der Waals surface area contributed by atoms with Crippen LogP contribution in [0.2, 0.25) is 0 Å². The molecule has 5 rings (SSSR count). The van der Waals surface area contributed by atoms with Crippen molar-refractivity contribution in [2.24, 2.45) is 11.8 Å². The summed E-state index contributed by atoms with van der Waals surface area (Å²) in [4.78, 5) is 9.00. The molecule has 0 spiro atoms. The number of hydrogen-bond acceptors (Lipinski definition) is 6. The predicted octanol–water partition coefficient (Wildman–Crippen LogP) is 4.13. The molecule has 2 N–H and O–H groups in total. The Morgan fingerprint density at radius 1 is 1.15 bits per heavy atom. The van der Waals surface area contributed by atoms with E-state index in [1.54, 1.807) is 0 Å². The molecule has 10 heteroatoms. The molecule has 5 atom stereocenters. The van der Waals surface area contributed by atoms with Crippen molar-refractivity contribution >= 4 is 5.82 Å². The van der Waals surface area contributed by atoms with Gasteiger partial charge in [-0.3, -0.25) is 9.58 Å². The van der Waals surface area contributed by atoms with Gasteiger partial charge in [-0.25, -0.2) is 4.98 Å². The number of anilines is 1. The monoisotopic (exact) mass is 478 g/mol. The summed E-state index contributed by atoms with van der Waals surface area (Å²) < 4.78 is 44.3. The molecule has 34 heavy (non-hydrogen) atoms. The Labute approximate surface area is 198 Å². The third-order valence-corrected chi connectivity index (χ3v) is 7.77. The van der Waals surface area contributed by atoms with Crippen LogP contribution >= 0.6 is 0 Å². The molecule has 2 aliphatic carbocycles. The van der Waals surface area contributed by atoms with Crippen molar-refractivity contribution in [1.82, 2.24) is 24.6 Å². The molecule has 3 heterocycles. The fourth-order valence-corrected chi connectivity index (χ4v) is 6.23. The SMILES string of the molecule is CC1CN(C)CCN1C1C[C@@H]2C(c3cc(-c4cnc(N)c(OC(F)(F)F)c4)nn3C(C)C)[C@@H]2C1. The fourth-order valence-electron chi connectivity index (χ4n) is 6.23. The van der Waals surface area contributed by atoms with Crippen LogP contribution in [0.25, 0.3) is 11.3 Å². The molecular formula is C24H33F3N6O. The number of ether oxygens (including phenoxy) is 1. The standard InChI is InChI=1S/C24H33F3N6O/c1-13(2)33-20(10-19(30-33)15-7-21(23(28)29-11-15)34-24(25,26)27)22-17-8-16(9-18(17)22)32-6-5-31(4)12-14(32)3/h7,10-11,13-14,16-18,22H,5-6,8-9,12H2,1-4H3,(H2,28,29)/t14?,16?,17-,18+,22?. The Bertz CT molecular complexity index is 1040. The van der Waals surface area contributed by atoms with Gasteiger partial charge in [-0.15, -0.1) is 13.2 Å². The number of alkyl halides is 3. The molecule has 0 radical (unpaired) electrons. The van der Waals surface area contributed by atoms with Crippen molar-refractivity contribution in [1.29, 1.82) is 0 Å². The van der Waals surface area contributed by atoms with Crippen LogP contribution in [0, 0.1) is 11.8 Å². The maximum Gasteiger partial charge on any atom is 0.573 e. The van der Waals surface area contributed by atoms with E-state index >= 15 is 0 Å². The van der Waals surface area contributed by atoms with E-state index in [0.29, 0.717) is 41.1 Å². The Hall–Kier alpha value is -2.33. The number of rotatable bonds is 5. The lowest BCUT2D eigenvalue weighted by atomic mass is 10.00. The maximum atomic E-state index is 12.8. The van der Waals surface area contributed by atoms with Gasteiger partial charge in [0, 0.05) is 61.1 Å². The lowest BCUT2D eigenvalue weighted by molar-refractivity contribution is -0.274. The lowest BCUT2D eigenvalue weighted by Gasteiger charge is -2.42. The number of fused-ring (bicyclic) bond motifs is 1. The van der Waals surface area contributed by atoms with Crippen molar-refractivity contribution < 1.29 is 17.9 Å². The van der Waals surface area contributed by atoms with Crippen molar-refractivity contribution in [3.8, 4) is 17.0 Å². The largest absolute Gasteiger partial charge is 0.573 e. The molecule has 1 saturated heterocycles. The van der Waals surface area contributed by atoms with Gasteiger partial charge >= 0.3 is 6.36 Å². The first kappa shape index (κ1) is 23.4. The van der Waals surface area contributed by atoms with Gasteiger partial charge < -0.3 is 15.4 Å². The highest BCUT2D eigenvalue weighted by atomic mass is 19.4. The van der Waals surface area contributed by atoms with Gasteiger partial charge in [0.05, 0.1) is 5.69 Å². The number of piperazine rings is 1. The van der Waals surface area contributed by atoms with Gasteiger partial charge in [0.25, 0.3) is 0 Å². The molecule has 3 unspecified atom stereocenters. The van der Waals surface area contributed by atoms with E-state index < -0.39 is 12.1 Å². The molecule has 2 aromatic heterocycles. The van der Waals surface area contributed by atoms with Gasteiger partial charge in [0.15, 0.2) is 11.6 Å². The molecule has 3 fully saturated rings. The highest BCUT2D eigenvalue weighted by molar-refractivity contribution is 5.64. The number of halogens is 3. The number of nitrogens with two attached hydrogens (primary N) is 1. The summed E-state index contributed by atoms with van der Waals surface area (Å²) in [5, 5.41) is 4.75. The Balaban J connectivity index is 1.35. The van der Waals surface area contributed by atoms with Gasteiger partial charge in [-0.2, -0.15) is 5.10 Å². The van der Waals surface area contributed by atoms with Crippen LogP contribution in [0.1, 0.15) is 51.3 Å². The maximum absolute atomic E-state index is 12.8. The number of pyridine rings is 1. The first-order chi connectivity index (χ1) is 16.0. The van der Waals surface area contributed by atoms with E-state index in [1.807, 2.05) is 10.7 Å². The molecular weight excluding hydrogens is 445 g/mol. The fraction of sp³-hybridized carbons (Fsp3) is 0.667. The van der Waals surface area contributed by atoms with Gasteiger partial charge in [0.2, 0.25) is 0 Å². The Kier molecular flexibility index (Phi) is 5.79. The number of aromatic nitrogens is 3. The molecule has 186 valence electrons. The summed E-state index contributed by atoms with van der Waals surface area (Å²) in [5.74, 6) is 0.944. The van der Waals surface area contributed by atoms with Crippen LogP contribution in [-0.4, -0.2) is 69.7 Å². The summed E-state index contributed by atoms with van der Waals surface area (Å²) in [6, 6.07) is 4.66. The second-order valence-corrected chi connectivity index (χ2v) is 10.5. The van der Waals surface area contributed by atoms with E-state index in [4.69, 9.17) is 10.8 Å². The highest BCUT2D eigenvalue weighted by Crippen LogP contribution is 2.64. The van der Waals surface area contributed by atoms with Gasteiger partial charge in [-0.05, 0) is 64.6 Å². The summed E-state index contributed by atoms with van der Waals surface area (Å²) in [5.41, 5.74) is 7.83. The smallest absolute Gasteiger partial charge is 0.402 e. The highest BCUT2D eigenvalue weighted by Gasteiger charge is 2.59. The molecule has 3 aliphatic rings. The van der Waals surface area contributed by atoms with Crippen molar-refractivity contribution in [2.75, 3.05) is 32.4 Å². The summed E-state index contributed by atoms with van der Waals surface area (Å²) >= 11 is 0. The van der Waals surface area contributed by atoms with E-state index in [9.17, 15) is 13.2 Å². The number of likely N-dealkylation sites (N-methyl/N-ethyl adjacent to an activating group) is 1. The van der Waals surface area contributed by atoms with Crippen LogP contribution in [-0.2, 0) is 0 Å². The summed E-state index contributed by atoms with van der Waals surface area (Å²) in [7, 11) is 2.19. The van der Waals surface area contributed by atoms with E-state index in [2.05, 4.69) is 47.3 Å². The zero-order valence-electron chi connectivity index (χ0n) is 20.1. The first-order valence-electron chi connectivity index (χ1n) is 12.1. The van der Waals surface area contributed by atoms with Gasteiger partial charge in [0.1, 0.15) is 0 Å². The average molecular weight is 479 g/mol. The van der Waals surface area contributed by atoms with E-state index in [1.165, 1.54) is 30.8 Å². The summed E-state index contributed by atoms with van der Waals surface area (Å²) in [6.07, 6.45) is -0.974. The third-order valence-electron chi connectivity index (χ3n) is 7.77. The van der Waals surface area contributed by atoms with E-state index in [0.717, 1.165) is 19.6 Å². The topological polar surface area (TPSA) is 72.4 Å². The lowest BCUT2D eigenvalue weighted by Crippen LogP contribution is -2.54. The molecule has 7 nitrogen and oxygen atoms in total. The average Bonchev–Trinajstić information content (AvgIpc) is 3.09. The van der Waals surface area contributed by atoms with Crippen LogP contribution in [0.4, 0.5) is 19.0 Å². The molecule has 0 aromatic carbocycles. The molecule has 0 amide bonds. The molecule has 2 aromatic rings. The molecule has 2 saturated carbocycles. The van der Waals surface area contributed by atoms with E-state index in [-0.39, 0.29) is 11.9 Å². The molecule has 1 aliphatic heterocycles. The van der Waals surface area contributed by atoms with Gasteiger partial charge in [-0.1, -0.05) is 0 Å². The quantitative estimate of drug-likeness (QED) is 0.697. The Morgan fingerprint density at radius 3 is 2.47 bits per heavy atom. The number of nitrogen functional groups attached to an aromatic ring is 1. The van der Waals surface area contributed by atoms with Crippen molar-refractivity contribution in [3.63, 3.8) is 0 Å². The summed E-state index contributed by atoms with van der Waals surface area (Å²) in [6.45, 7) is 9.86. The third kappa shape index (κ3) is 4.37.